The lowest BCUT2D eigenvalue weighted by Crippen LogP contribution is -2.35. The normalized spacial score (nSPS) is 14.4. The highest BCUT2D eigenvalue weighted by Gasteiger charge is 2.28. The molecule has 1 amide bonds. The lowest BCUT2D eigenvalue weighted by Gasteiger charge is -2.28. The van der Waals surface area contributed by atoms with Crippen LogP contribution in [0.4, 0.5) is 0 Å². The summed E-state index contributed by atoms with van der Waals surface area (Å²) >= 11 is 13.6. The second-order valence-corrected chi connectivity index (χ2v) is 12.4. The summed E-state index contributed by atoms with van der Waals surface area (Å²) in [6, 6.07) is 16.7. The standard InChI is InChI=1S/C26H21Cl2N3O5S2/c1-36-23(32)15-31-24-21(28)12-19(27)13-22(24)37-26(31)29-25(33)17-6-8-20(9-7-17)38(34,35)30-11-10-16-4-2-3-5-18(16)14-30/h2-9,12-13H,10-11,14-15H2,1H3. The predicted molar refractivity (Wildman–Crippen MR) is 146 cm³/mol. The average Bonchev–Trinajstić information content (AvgIpc) is 3.24. The number of hydrogen-bond acceptors (Lipinski definition) is 6. The van der Waals surface area contributed by atoms with Gasteiger partial charge < -0.3 is 9.30 Å². The van der Waals surface area contributed by atoms with E-state index in [-0.39, 0.29) is 21.8 Å². The molecule has 1 aliphatic rings. The summed E-state index contributed by atoms with van der Waals surface area (Å²) in [6.07, 6.45) is 0.640. The highest BCUT2D eigenvalue weighted by atomic mass is 35.5. The van der Waals surface area contributed by atoms with Gasteiger partial charge in [-0.05, 0) is 53.9 Å². The van der Waals surface area contributed by atoms with Crippen molar-refractivity contribution in [3.8, 4) is 0 Å². The third kappa shape index (κ3) is 5.14. The zero-order chi connectivity index (χ0) is 27.0. The maximum absolute atomic E-state index is 13.3. The first-order valence-electron chi connectivity index (χ1n) is 11.5. The van der Waals surface area contributed by atoms with Gasteiger partial charge in [-0.3, -0.25) is 9.59 Å². The molecule has 3 aromatic carbocycles. The SMILES string of the molecule is COC(=O)Cn1c(=NC(=O)c2ccc(S(=O)(=O)N3CCc4ccccc4C3)cc2)sc2cc(Cl)cc(Cl)c21. The minimum absolute atomic E-state index is 0.0949. The van der Waals surface area contributed by atoms with Crippen LogP contribution in [0.2, 0.25) is 10.0 Å². The van der Waals surface area contributed by atoms with Gasteiger partial charge in [0.15, 0.2) is 4.80 Å². The van der Waals surface area contributed by atoms with Crippen molar-refractivity contribution in [3.05, 3.63) is 92.2 Å². The van der Waals surface area contributed by atoms with Gasteiger partial charge in [-0.1, -0.05) is 58.8 Å². The monoisotopic (exact) mass is 589 g/mol. The van der Waals surface area contributed by atoms with Gasteiger partial charge in [0.1, 0.15) is 6.54 Å². The number of carbonyl (C=O) groups excluding carboxylic acids is 2. The molecule has 2 heterocycles. The fourth-order valence-corrected chi connectivity index (χ4v) is 7.53. The van der Waals surface area contributed by atoms with E-state index in [4.69, 9.17) is 27.9 Å². The topological polar surface area (TPSA) is 98.0 Å². The molecule has 0 aliphatic carbocycles. The Morgan fingerprint density at radius 3 is 2.47 bits per heavy atom. The summed E-state index contributed by atoms with van der Waals surface area (Å²) in [4.78, 5) is 29.6. The molecule has 0 saturated heterocycles. The molecule has 0 radical (unpaired) electrons. The third-order valence-electron chi connectivity index (χ3n) is 6.24. The van der Waals surface area contributed by atoms with Crippen LogP contribution in [0.3, 0.4) is 0 Å². The highest BCUT2D eigenvalue weighted by Crippen LogP contribution is 2.30. The fourth-order valence-electron chi connectivity index (χ4n) is 4.30. The number of aromatic nitrogens is 1. The van der Waals surface area contributed by atoms with Crippen molar-refractivity contribution in [3.63, 3.8) is 0 Å². The van der Waals surface area contributed by atoms with Crippen molar-refractivity contribution in [2.24, 2.45) is 4.99 Å². The minimum atomic E-state index is -3.74. The molecule has 0 spiro atoms. The van der Waals surface area contributed by atoms with E-state index in [2.05, 4.69) is 4.99 Å². The van der Waals surface area contributed by atoms with Gasteiger partial charge in [0.25, 0.3) is 5.91 Å². The number of amides is 1. The molecule has 38 heavy (non-hydrogen) atoms. The number of thiazole rings is 1. The van der Waals surface area contributed by atoms with E-state index in [9.17, 15) is 18.0 Å². The van der Waals surface area contributed by atoms with Crippen molar-refractivity contribution in [1.29, 1.82) is 0 Å². The van der Waals surface area contributed by atoms with Crippen molar-refractivity contribution in [2.75, 3.05) is 13.7 Å². The second kappa shape index (κ2) is 10.6. The Bertz CT molecular complexity index is 1750. The van der Waals surface area contributed by atoms with Gasteiger partial charge in [-0.2, -0.15) is 9.30 Å². The molecule has 0 atom stereocenters. The zero-order valence-electron chi connectivity index (χ0n) is 20.1. The number of carbonyl (C=O) groups is 2. The van der Waals surface area contributed by atoms with E-state index in [1.165, 1.54) is 46.3 Å². The maximum atomic E-state index is 13.3. The number of rotatable bonds is 5. The first-order valence-corrected chi connectivity index (χ1v) is 14.5. The van der Waals surface area contributed by atoms with E-state index >= 15 is 0 Å². The number of nitrogens with zero attached hydrogens (tertiary/aromatic N) is 3. The molecule has 1 aliphatic heterocycles. The third-order valence-corrected chi connectivity index (χ3v) is 9.63. The minimum Gasteiger partial charge on any atom is -0.468 e. The van der Waals surface area contributed by atoms with Crippen molar-refractivity contribution >= 4 is 66.7 Å². The van der Waals surface area contributed by atoms with Crippen LogP contribution in [0.5, 0.6) is 0 Å². The molecule has 4 aromatic rings. The number of esters is 1. The average molecular weight is 591 g/mol. The summed E-state index contributed by atoms with van der Waals surface area (Å²) in [7, 11) is -2.48. The number of ether oxygens (including phenoxy) is 1. The van der Waals surface area contributed by atoms with Crippen LogP contribution in [0.25, 0.3) is 10.2 Å². The quantitative estimate of drug-likeness (QED) is 0.315. The molecule has 0 N–H and O–H groups in total. The van der Waals surface area contributed by atoms with Crippen molar-refractivity contribution < 1.29 is 22.7 Å². The number of hydrogen-bond donors (Lipinski definition) is 0. The van der Waals surface area contributed by atoms with Crippen molar-refractivity contribution in [2.45, 2.75) is 24.4 Å². The Morgan fingerprint density at radius 1 is 1.05 bits per heavy atom. The summed E-state index contributed by atoms with van der Waals surface area (Å²) in [5, 5.41) is 0.706. The fraction of sp³-hybridized carbons (Fsp3) is 0.192. The van der Waals surface area contributed by atoms with Crippen LogP contribution in [0.15, 0.2) is 70.6 Å². The molecule has 0 saturated carbocycles. The largest absolute Gasteiger partial charge is 0.468 e. The van der Waals surface area contributed by atoms with Gasteiger partial charge in [-0.25, -0.2) is 8.42 Å². The van der Waals surface area contributed by atoms with E-state index in [0.29, 0.717) is 39.8 Å². The maximum Gasteiger partial charge on any atom is 0.325 e. The highest BCUT2D eigenvalue weighted by molar-refractivity contribution is 7.89. The summed E-state index contributed by atoms with van der Waals surface area (Å²) < 4.78 is 34.9. The van der Waals surface area contributed by atoms with Crippen molar-refractivity contribution in [1.82, 2.24) is 8.87 Å². The molecule has 1 aromatic heterocycles. The molecular weight excluding hydrogens is 569 g/mol. The number of halogens is 2. The summed E-state index contributed by atoms with van der Waals surface area (Å²) in [6.45, 7) is 0.474. The number of methoxy groups -OCH3 is 1. The van der Waals surface area contributed by atoms with Crippen LogP contribution >= 0.6 is 34.5 Å². The van der Waals surface area contributed by atoms with Gasteiger partial charge in [0, 0.05) is 23.7 Å². The molecule has 8 nitrogen and oxygen atoms in total. The Morgan fingerprint density at radius 2 is 1.76 bits per heavy atom. The van der Waals surface area contributed by atoms with Gasteiger partial charge >= 0.3 is 5.97 Å². The van der Waals surface area contributed by atoms with Crippen LogP contribution in [0.1, 0.15) is 21.5 Å². The molecule has 12 heteroatoms. The molecule has 0 unspecified atom stereocenters. The molecular formula is C26H21Cl2N3O5S2. The summed E-state index contributed by atoms with van der Waals surface area (Å²) in [5.74, 6) is -1.15. The Labute approximate surface area is 232 Å². The number of benzene rings is 3. The second-order valence-electron chi connectivity index (χ2n) is 8.58. The molecule has 196 valence electrons. The Kier molecular flexibility index (Phi) is 7.43. The smallest absolute Gasteiger partial charge is 0.325 e. The van der Waals surface area contributed by atoms with Crippen LogP contribution < -0.4 is 4.80 Å². The van der Waals surface area contributed by atoms with E-state index in [1.54, 1.807) is 6.07 Å². The Hall–Kier alpha value is -3.02. The summed E-state index contributed by atoms with van der Waals surface area (Å²) in [5.41, 5.74) is 2.83. The van der Waals surface area contributed by atoms with Crippen LogP contribution in [-0.4, -0.2) is 42.8 Å². The van der Waals surface area contributed by atoms with Gasteiger partial charge in [0.2, 0.25) is 10.0 Å². The molecule has 0 fully saturated rings. The molecule has 5 rings (SSSR count). The first-order chi connectivity index (χ1) is 18.2. The number of sulfonamides is 1. The zero-order valence-corrected chi connectivity index (χ0v) is 23.2. The van der Waals surface area contributed by atoms with E-state index < -0.39 is 21.9 Å². The molecule has 0 bridgehead atoms. The Balaban J connectivity index is 1.45. The predicted octanol–water partition coefficient (Wildman–Crippen LogP) is 4.67. The van der Waals surface area contributed by atoms with E-state index in [1.807, 2.05) is 24.3 Å². The number of fused-ring (bicyclic) bond motifs is 2. The van der Waals surface area contributed by atoms with E-state index in [0.717, 1.165) is 22.5 Å². The lowest BCUT2D eigenvalue weighted by molar-refractivity contribution is -0.141. The van der Waals surface area contributed by atoms with Crippen LogP contribution in [0, 0.1) is 0 Å². The van der Waals surface area contributed by atoms with Crippen LogP contribution in [-0.2, 0) is 39.1 Å². The lowest BCUT2D eigenvalue weighted by atomic mass is 10.0. The van der Waals surface area contributed by atoms with Gasteiger partial charge in [0.05, 0.1) is 27.2 Å². The van der Waals surface area contributed by atoms with Gasteiger partial charge in [-0.15, -0.1) is 0 Å². The first kappa shape index (κ1) is 26.6.